The van der Waals surface area contributed by atoms with Crippen LogP contribution in [0.4, 0.5) is 0 Å². The number of aliphatic hydroxyl groups is 1. The molecule has 1 aromatic heterocycles. The molecule has 2 aromatic rings. The molecule has 0 amide bonds. The van der Waals surface area contributed by atoms with Crippen LogP contribution in [0.25, 0.3) is 10.9 Å². The summed E-state index contributed by atoms with van der Waals surface area (Å²) in [6.45, 7) is 5.67. The number of hydrogen-bond acceptors (Lipinski definition) is 3. The average Bonchev–Trinajstić information content (AvgIpc) is 2.85. The molecule has 0 spiro atoms. The fraction of sp³-hybridized carbons (Fsp3) is 0.600. The summed E-state index contributed by atoms with van der Waals surface area (Å²) in [4.78, 5) is 3.63. The molecule has 1 fully saturated rings. The van der Waals surface area contributed by atoms with Crippen LogP contribution in [0.15, 0.2) is 18.2 Å². The van der Waals surface area contributed by atoms with Crippen molar-refractivity contribution in [3.63, 3.8) is 0 Å². The molecule has 4 N–H and O–H groups in total. The Hall–Kier alpha value is -1.52. The lowest BCUT2D eigenvalue weighted by atomic mass is 9.60. The van der Waals surface area contributed by atoms with Gasteiger partial charge in [-0.3, -0.25) is 0 Å². The SMILES string of the molecule is CCC1CC(C)CC2(CO)c3[nH]c4ccc(O)cc4c3CCNC12. The first-order chi connectivity index (χ1) is 11.6. The van der Waals surface area contributed by atoms with Crippen LogP contribution in [0.5, 0.6) is 5.75 Å². The Morgan fingerprint density at radius 3 is 2.92 bits per heavy atom. The molecule has 4 rings (SSSR count). The molecule has 4 unspecified atom stereocenters. The van der Waals surface area contributed by atoms with E-state index in [1.54, 1.807) is 6.07 Å². The number of nitrogens with one attached hydrogen (secondary N) is 2. The molecule has 1 aromatic carbocycles. The standard InChI is InChI=1S/C20H28N2O2/c1-3-13-8-12(2)10-20(11-23)18(13)21-7-6-15-16-9-14(24)4-5-17(16)22-19(15)20/h4-5,9,12-13,18,21-24H,3,6-8,10-11H2,1-2H3. The van der Waals surface area contributed by atoms with Crippen molar-refractivity contribution in [1.29, 1.82) is 0 Å². The van der Waals surface area contributed by atoms with Crippen molar-refractivity contribution in [1.82, 2.24) is 10.3 Å². The molecule has 1 aliphatic heterocycles. The van der Waals surface area contributed by atoms with E-state index in [0.717, 1.165) is 36.7 Å². The molecule has 4 heteroatoms. The highest BCUT2D eigenvalue weighted by Gasteiger charge is 2.50. The predicted molar refractivity (Wildman–Crippen MR) is 96.4 cm³/mol. The van der Waals surface area contributed by atoms with Gasteiger partial charge in [-0.05, 0) is 61.4 Å². The van der Waals surface area contributed by atoms with Gasteiger partial charge in [0.2, 0.25) is 0 Å². The van der Waals surface area contributed by atoms with E-state index in [1.165, 1.54) is 17.7 Å². The number of fused-ring (bicyclic) bond motifs is 5. The molecular weight excluding hydrogens is 300 g/mol. The van der Waals surface area contributed by atoms with Gasteiger partial charge in [-0.2, -0.15) is 0 Å². The Kier molecular flexibility index (Phi) is 3.85. The number of rotatable bonds is 2. The summed E-state index contributed by atoms with van der Waals surface area (Å²) < 4.78 is 0. The number of phenols is 1. The zero-order chi connectivity index (χ0) is 16.9. The van der Waals surface area contributed by atoms with Crippen LogP contribution >= 0.6 is 0 Å². The Morgan fingerprint density at radius 2 is 2.17 bits per heavy atom. The molecule has 0 bridgehead atoms. The molecule has 4 atom stereocenters. The highest BCUT2D eigenvalue weighted by molar-refractivity contribution is 5.86. The van der Waals surface area contributed by atoms with Gasteiger partial charge in [0.15, 0.2) is 0 Å². The van der Waals surface area contributed by atoms with Gasteiger partial charge >= 0.3 is 0 Å². The first-order valence-electron chi connectivity index (χ1n) is 9.27. The number of aromatic amines is 1. The molecule has 2 heterocycles. The van der Waals surface area contributed by atoms with Crippen molar-refractivity contribution in [3.8, 4) is 5.75 Å². The van der Waals surface area contributed by atoms with Crippen molar-refractivity contribution in [3.05, 3.63) is 29.5 Å². The molecule has 1 aliphatic carbocycles. The number of H-pyrrole nitrogens is 1. The van der Waals surface area contributed by atoms with Crippen LogP contribution in [0.1, 0.15) is 44.4 Å². The summed E-state index contributed by atoms with van der Waals surface area (Å²) in [6, 6.07) is 5.86. The minimum atomic E-state index is -0.251. The summed E-state index contributed by atoms with van der Waals surface area (Å²) >= 11 is 0. The Bertz CT molecular complexity index is 753. The van der Waals surface area contributed by atoms with Crippen molar-refractivity contribution in [2.24, 2.45) is 11.8 Å². The Balaban J connectivity index is 1.95. The van der Waals surface area contributed by atoms with E-state index in [0.29, 0.717) is 23.6 Å². The fourth-order valence-corrected chi connectivity index (χ4v) is 5.47. The van der Waals surface area contributed by atoms with E-state index < -0.39 is 0 Å². The minimum Gasteiger partial charge on any atom is -0.508 e. The van der Waals surface area contributed by atoms with Crippen LogP contribution in [-0.2, 0) is 11.8 Å². The minimum absolute atomic E-state index is 0.164. The summed E-state index contributed by atoms with van der Waals surface area (Å²) in [7, 11) is 0. The van der Waals surface area contributed by atoms with E-state index >= 15 is 0 Å². The molecule has 0 radical (unpaired) electrons. The lowest BCUT2D eigenvalue weighted by Crippen LogP contribution is -2.58. The van der Waals surface area contributed by atoms with Gasteiger partial charge in [-0.1, -0.05) is 20.3 Å². The normalized spacial score (nSPS) is 33.0. The second-order valence-electron chi connectivity index (χ2n) is 7.92. The van der Waals surface area contributed by atoms with E-state index in [2.05, 4.69) is 24.1 Å². The third-order valence-corrected chi connectivity index (χ3v) is 6.42. The maximum absolute atomic E-state index is 10.6. The summed E-state index contributed by atoms with van der Waals surface area (Å²) in [6.07, 6.45) is 4.30. The lowest BCUT2D eigenvalue weighted by molar-refractivity contribution is 0.0528. The molecule has 4 nitrogen and oxygen atoms in total. The maximum Gasteiger partial charge on any atom is 0.116 e. The summed E-state index contributed by atoms with van der Waals surface area (Å²) in [5, 5.41) is 25.3. The maximum atomic E-state index is 10.6. The predicted octanol–water partition coefficient (Wildman–Crippen LogP) is 3.07. The second kappa shape index (κ2) is 5.78. The number of benzene rings is 1. The lowest BCUT2D eigenvalue weighted by Gasteiger charge is -2.49. The molecule has 0 saturated heterocycles. The van der Waals surface area contributed by atoms with Gasteiger partial charge in [0.25, 0.3) is 0 Å². The number of phenolic OH excluding ortho intramolecular Hbond substituents is 1. The zero-order valence-electron chi connectivity index (χ0n) is 14.6. The van der Waals surface area contributed by atoms with Gasteiger partial charge in [0, 0.05) is 28.1 Å². The molecule has 1 saturated carbocycles. The molecular formula is C20H28N2O2. The van der Waals surface area contributed by atoms with Gasteiger partial charge in [0.05, 0.1) is 6.61 Å². The van der Waals surface area contributed by atoms with Crippen LogP contribution in [-0.4, -0.2) is 34.4 Å². The van der Waals surface area contributed by atoms with Gasteiger partial charge in [0.1, 0.15) is 5.75 Å². The smallest absolute Gasteiger partial charge is 0.116 e. The third-order valence-electron chi connectivity index (χ3n) is 6.42. The highest BCUT2D eigenvalue weighted by atomic mass is 16.3. The van der Waals surface area contributed by atoms with Gasteiger partial charge in [-0.15, -0.1) is 0 Å². The topological polar surface area (TPSA) is 68.3 Å². The van der Waals surface area contributed by atoms with E-state index in [9.17, 15) is 10.2 Å². The van der Waals surface area contributed by atoms with E-state index in [4.69, 9.17) is 0 Å². The monoisotopic (exact) mass is 328 g/mol. The first kappa shape index (κ1) is 16.0. The number of hydrogen-bond donors (Lipinski definition) is 4. The van der Waals surface area contributed by atoms with Crippen LogP contribution in [0.2, 0.25) is 0 Å². The summed E-state index contributed by atoms with van der Waals surface area (Å²) in [5.74, 6) is 1.50. The molecule has 2 aliphatic rings. The van der Waals surface area contributed by atoms with Crippen molar-refractivity contribution in [2.75, 3.05) is 13.2 Å². The molecule has 130 valence electrons. The molecule has 24 heavy (non-hydrogen) atoms. The Morgan fingerprint density at radius 1 is 1.33 bits per heavy atom. The van der Waals surface area contributed by atoms with Crippen molar-refractivity contribution >= 4 is 10.9 Å². The average molecular weight is 328 g/mol. The van der Waals surface area contributed by atoms with Crippen LogP contribution in [0, 0.1) is 11.8 Å². The fourth-order valence-electron chi connectivity index (χ4n) is 5.47. The van der Waals surface area contributed by atoms with Crippen molar-refractivity contribution in [2.45, 2.75) is 51.0 Å². The zero-order valence-corrected chi connectivity index (χ0v) is 14.6. The van der Waals surface area contributed by atoms with Crippen LogP contribution in [0.3, 0.4) is 0 Å². The largest absolute Gasteiger partial charge is 0.508 e. The van der Waals surface area contributed by atoms with Crippen molar-refractivity contribution < 1.29 is 10.2 Å². The Labute approximate surface area is 143 Å². The number of aliphatic hydroxyl groups excluding tert-OH is 1. The first-order valence-corrected chi connectivity index (χ1v) is 9.27. The van der Waals surface area contributed by atoms with E-state index in [-0.39, 0.29) is 12.0 Å². The van der Waals surface area contributed by atoms with E-state index in [1.807, 2.05) is 12.1 Å². The quantitative estimate of drug-likeness (QED) is 0.685. The highest BCUT2D eigenvalue weighted by Crippen LogP contribution is 2.48. The van der Waals surface area contributed by atoms with Gasteiger partial charge < -0.3 is 20.5 Å². The third kappa shape index (κ3) is 2.20. The van der Waals surface area contributed by atoms with Crippen LogP contribution < -0.4 is 5.32 Å². The van der Waals surface area contributed by atoms with Gasteiger partial charge in [-0.25, -0.2) is 0 Å². The number of aromatic hydroxyl groups is 1. The summed E-state index contributed by atoms with van der Waals surface area (Å²) in [5.41, 5.74) is 3.29. The number of aromatic nitrogens is 1. The second-order valence-corrected chi connectivity index (χ2v) is 7.92.